The summed E-state index contributed by atoms with van der Waals surface area (Å²) >= 11 is 0. The van der Waals surface area contributed by atoms with Crippen molar-refractivity contribution >= 4 is 5.91 Å². The number of aryl methyl sites for hydroxylation is 1. The fourth-order valence-electron chi connectivity index (χ4n) is 2.69. The molecule has 5 N–H and O–H groups in total. The maximum absolute atomic E-state index is 11.9. The van der Waals surface area contributed by atoms with Crippen LogP contribution in [0, 0.1) is 0 Å². The fraction of sp³-hybridized carbons (Fsp3) is 0.562. The van der Waals surface area contributed by atoms with Crippen molar-refractivity contribution in [1.29, 1.82) is 0 Å². The highest BCUT2D eigenvalue weighted by Gasteiger charge is 2.40. The summed E-state index contributed by atoms with van der Waals surface area (Å²) in [7, 11) is 1.60. The van der Waals surface area contributed by atoms with E-state index in [1.807, 2.05) is 24.3 Å². The van der Waals surface area contributed by atoms with E-state index < -0.39 is 24.3 Å². The van der Waals surface area contributed by atoms with Crippen molar-refractivity contribution in [2.24, 2.45) is 0 Å². The lowest BCUT2D eigenvalue weighted by molar-refractivity contribution is -0.121. The van der Waals surface area contributed by atoms with Crippen LogP contribution in [0.15, 0.2) is 24.3 Å². The highest BCUT2D eigenvalue weighted by molar-refractivity contribution is 5.76. The van der Waals surface area contributed by atoms with Crippen LogP contribution in [0.5, 0.6) is 5.75 Å². The van der Waals surface area contributed by atoms with Gasteiger partial charge < -0.3 is 30.7 Å². The number of methoxy groups -OCH3 is 1. The maximum atomic E-state index is 11.9. The van der Waals surface area contributed by atoms with Gasteiger partial charge >= 0.3 is 0 Å². The normalized spacial score (nSPS) is 27.0. The summed E-state index contributed by atoms with van der Waals surface area (Å²) in [6.07, 6.45) is -1.13. The van der Waals surface area contributed by atoms with E-state index >= 15 is 0 Å². The second-order valence-electron chi connectivity index (χ2n) is 5.70. The number of aliphatic hydroxyl groups is 3. The van der Waals surface area contributed by atoms with Gasteiger partial charge in [-0.05, 0) is 24.1 Å². The number of hydrogen-bond donors (Lipinski definition) is 5. The molecule has 1 fully saturated rings. The number of hydrogen-bond acceptors (Lipinski definition) is 6. The minimum Gasteiger partial charge on any atom is -0.497 e. The summed E-state index contributed by atoms with van der Waals surface area (Å²) < 4.78 is 5.14. The number of carbonyl (C=O) groups is 1. The van der Waals surface area contributed by atoms with Crippen LogP contribution >= 0.6 is 0 Å². The zero-order valence-corrected chi connectivity index (χ0v) is 13.1. The van der Waals surface area contributed by atoms with E-state index in [-0.39, 0.29) is 19.1 Å². The monoisotopic (exact) mass is 324 g/mol. The largest absolute Gasteiger partial charge is 0.497 e. The summed E-state index contributed by atoms with van der Waals surface area (Å²) in [4.78, 5) is 11.9. The molecule has 7 heteroatoms. The average molecular weight is 324 g/mol. The lowest BCUT2D eigenvalue weighted by Gasteiger charge is -2.16. The maximum Gasteiger partial charge on any atom is 0.220 e. The third kappa shape index (κ3) is 4.65. The topological polar surface area (TPSA) is 111 Å². The SMILES string of the molecule is COc1cccc(CCC(=O)NC[C@@H]2N[C@H](CO)[C@H](O)[C@@H]2O)c1. The van der Waals surface area contributed by atoms with Crippen LogP contribution < -0.4 is 15.4 Å². The molecule has 1 heterocycles. The fourth-order valence-corrected chi connectivity index (χ4v) is 2.69. The summed E-state index contributed by atoms with van der Waals surface area (Å²) in [5.41, 5.74) is 1.01. The molecule has 1 aromatic carbocycles. The Balaban J connectivity index is 1.75. The Morgan fingerprint density at radius 2 is 2.04 bits per heavy atom. The van der Waals surface area contributed by atoms with Gasteiger partial charge in [-0.25, -0.2) is 0 Å². The van der Waals surface area contributed by atoms with Crippen molar-refractivity contribution in [3.05, 3.63) is 29.8 Å². The molecule has 23 heavy (non-hydrogen) atoms. The predicted octanol–water partition coefficient (Wildman–Crippen LogP) is -1.20. The summed E-state index contributed by atoms with van der Waals surface area (Å²) in [6, 6.07) is 6.51. The first-order valence-corrected chi connectivity index (χ1v) is 7.67. The Morgan fingerprint density at radius 3 is 2.70 bits per heavy atom. The van der Waals surface area contributed by atoms with Crippen molar-refractivity contribution in [3.63, 3.8) is 0 Å². The quantitative estimate of drug-likeness (QED) is 0.431. The summed E-state index contributed by atoms with van der Waals surface area (Å²) in [5.74, 6) is 0.619. The molecule has 0 saturated carbocycles. The first-order valence-electron chi connectivity index (χ1n) is 7.67. The van der Waals surface area contributed by atoms with Crippen LogP contribution in [0.3, 0.4) is 0 Å². The van der Waals surface area contributed by atoms with Crippen LogP contribution in [0.2, 0.25) is 0 Å². The molecule has 0 bridgehead atoms. The summed E-state index contributed by atoms with van der Waals surface area (Å²) in [6.45, 7) is -0.0653. The highest BCUT2D eigenvalue weighted by Crippen LogP contribution is 2.15. The van der Waals surface area contributed by atoms with Crippen LogP contribution in [0.1, 0.15) is 12.0 Å². The van der Waals surface area contributed by atoms with Crippen LogP contribution in [-0.2, 0) is 11.2 Å². The highest BCUT2D eigenvalue weighted by atomic mass is 16.5. The molecule has 1 aromatic rings. The van der Waals surface area contributed by atoms with Crippen LogP contribution in [0.25, 0.3) is 0 Å². The van der Waals surface area contributed by atoms with Crippen LogP contribution in [-0.4, -0.2) is 65.8 Å². The molecule has 128 valence electrons. The van der Waals surface area contributed by atoms with Gasteiger partial charge in [0.2, 0.25) is 5.91 Å². The van der Waals surface area contributed by atoms with E-state index in [0.717, 1.165) is 11.3 Å². The number of ether oxygens (including phenoxy) is 1. The van der Waals surface area contributed by atoms with Crippen molar-refractivity contribution in [3.8, 4) is 5.75 Å². The van der Waals surface area contributed by atoms with Crippen molar-refractivity contribution in [2.45, 2.75) is 37.1 Å². The van der Waals surface area contributed by atoms with E-state index in [2.05, 4.69) is 10.6 Å². The molecule has 0 radical (unpaired) electrons. The molecule has 1 amide bonds. The van der Waals surface area contributed by atoms with E-state index in [0.29, 0.717) is 12.8 Å². The van der Waals surface area contributed by atoms with E-state index in [9.17, 15) is 15.0 Å². The molecule has 0 spiro atoms. The molecule has 0 unspecified atom stereocenters. The zero-order valence-electron chi connectivity index (χ0n) is 13.1. The molecule has 2 rings (SSSR count). The van der Waals surface area contributed by atoms with Gasteiger partial charge in [-0.2, -0.15) is 0 Å². The molecule has 1 saturated heterocycles. The van der Waals surface area contributed by atoms with Gasteiger partial charge in [-0.3, -0.25) is 4.79 Å². The standard InChI is InChI=1S/C16H24N2O5/c1-23-11-4-2-3-10(7-11)5-6-14(20)17-8-12-15(21)16(22)13(9-19)18-12/h2-4,7,12-13,15-16,18-19,21-22H,5-6,8-9H2,1H3,(H,17,20)/t12-,13+,15+,16-/m0/s1. The molecule has 0 aliphatic carbocycles. The second-order valence-corrected chi connectivity index (χ2v) is 5.70. The smallest absolute Gasteiger partial charge is 0.220 e. The predicted molar refractivity (Wildman–Crippen MR) is 84.1 cm³/mol. The first-order chi connectivity index (χ1) is 11.0. The van der Waals surface area contributed by atoms with E-state index in [4.69, 9.17) is 9.84 Å². The molecule has 1 aliphatic rings. The van der Waals surface area contributed by atoms with Crippen molar-refractivity contribution < 1.29 is 24.9 Å². The number of amides is 1. The third-order valence-electron chi connectivity index (χ3n) is 4.09. The Kier molecular flexibility index (Phi) is 6.35. The molecule has 4 atom stereocenters. The number of aliphatic hydroxyl groups excluding tert-OH is 3. The van der Waals surface area contributed by atoms with Gasteiger partial charge in [0, 0.05) is 13.0 Å². The van der Waals surface area contributed by atoms with Crippen molar-refractivity contribution in [2.75, 3.05) is 20.3 Å². The Labute approximate surface area is 135 Å². The average Bonchev–Trinajstić information content (AvgIpc) is 2.86. The molecule has 0 aromatic heterocycles. The number of benzene rings is 1. The van der Waals surface area contributed by atoms with Gasteiger partial charge in [-0.1, -0.05) is 12.1 Å². The minimum absolute atomic E-state index is 0.135. The van der Waals surface area contributed by atoms with Gasteiger partial charge in [-0.15, -0.1) is 0 Å². The second kappa shape index (κ2) is 8.26. The van der Waals surface area contributed by atoms with Crippen molar-refractivity contribution in [1.82, 2.24) is 10.6 Å². The minimum atomic E-state index is -1.03. The Bertz CT molecular complexity index is 525. The number of rotatable bonds is 7. The third-order valence-corrected chi connectivity index (χ3v) is 4.09. The lowest BCUT2D eigenvalue weighted by Crippen LogP contribution is -2.44. The molecule has 1 aliphatic heterocycles. The first kappa shape index (κ1) is 17.7. The number of nitrogens with one attached hydrogen (secondary N) is 2. The number of carbonyl (C=O) groups excluding carboxylic acids is 1. The van der Waals surface area contributed by atoms with Gasteiger partial charge in [0.15, 0.2) is 0 Å². The summed E-state index contributed by atoms with van der Waals surface area (Å²) in [5, 5.41) is 34.3. The van der Waals surface area contributed by atoms with E-state index in [1.165, 1.54) is 0 Å². The van der Waals surface area contributed by atoms with E-state index in [1.54, 1.807) is 7.11 Å². The lowest BCUT2D eigenvalue weighted by atomic mass is 10.1. The van der Waals surface area contributed by atoms with Crippen LogP contribution in [0.4, 0.5) is 0 Å². The Hall–Kier alpha value is -1.67. The Morgan fingerprint density at radius 1 is 1.30 bits per heavy atom. The molecular formula is C16H24N2O5. The molecular weight excluding hydrogens is 300 g/mol. The molecule has 7 nitrogen and oxygen atoms in total. The van der Waals surface area contributed by atoms with Gasteiger partial charge in [0.1, 0.15) is 5.75 Å². The zero-order chi connectivity index (χ0) is 16.8. The van der Waals surface area contributed by atoms with Gasteiger partial charge in [0.05, 0.1) is 38.0 Å². The van der Waals surface area contributed by atoms with Gasteiger partial charge in [0.25, 0.3) is 0 Å².